The molecule has 38 heavy (non-hydrogen) atoms. The molecule has 0 rings (SSSR count). The fourth-order valence-corrected chi connectivity index (χ4v) is 1.36. The number of aliphatic carboxylic acids is 4. The van der Waals surface area contributed by atoms with Gasteiger partial charge in [0.15, 0.2) is 35.7 Å². The summed E-state index contributed by atoms with van der Waals surface area (Å²) in [5.74, 6) is -8.12. The first-order valence-electron chi connectivity index (χ1n) is 10.0. The van der Waals surface area contributed by atoms with Crippen LogP contribution >= 0.6 is 0 Å². The van der Waals surface area contributed by atoms with E-state index in [0.29, 0.717) is 0 Å². The number of aliphatic hydroxyl groups is 6. The van der Waals surface area contributed by atoms with Crippen LogP contribution < -0.4 is 0 Å². The van der Waals surface area contributed by atoms with E-state index in [-0.39, 0.29) is 18.6 Å². The van der Waals surface area contributed by atoms with Gasteiger partial charge in [0.1, 0.15) is 24.1 Å². The maximum Gasteiger partial charge on any atom is 0.335 e. The topological polar surface area (TPSA) is 339 Å². The summed E-state index contributed by atoms with van der Waals surface area (Å²) in [5.41, 5.74) is 0. The van der Waals surface area contributed by atoms with Gasteiger partial charge in [-0.1, -0.05) is 0 Å². The van der Waals surface area contributed by atoms with Crippen molar-refractivity contribution in [3.63, 3.8) is 0 Å². The Morgan fingerprint density at radius 1 is 0.421 bits per heavy atom. The summed E-state index contributed by atoms with van der Waals surface area (Å²) >= 11 is 0. The lowest BCUT2D eigenvalue weighted by Gasteiger charge is -2.08. The van der Waals surface area contributed by atoms with Crippen molar-refractivity contribution in [2.45, 2.75) is 77.2 Å². The number of Topliss-reactive ketones (excluding diaryl/α,β-unsaturated/α-hetero) is 4. The van der Waals surface area contributed by atoms with E-state index in [2.05, 4.69) is 0 Å². The molecule has 18 heteroatoms. The Morgan fingerprint density at radius 3 is 0.684 bits per heavy atom. The second kappa shape index (κ2) is 21.4. The smallest absolute Gasteiger partial charge is 0.335 e. The second-order valence-corrected chi connectivity index (χ2v) is 7.11. The molecule has 0 aliphatic heterocycles. The molecule has 0 saturated carbocycles. The maximum absolute atomic E-state index is 10.2. The monoisotopic (exact) mass is 560 g/mol. The molecular weight excluding hydrogens is 528 g/mol. The van der Waals surface area contributed by atoms with Gasteiger partial charge in [-0.3, -0.25) is 19.2 Å². The Bertz CT molecular complexity index is 680. The number of carbonyl (C=O) groups is 8. The molecule has 0 aromatic carbocycles. The first-order chi connectivity index (χ1) is 17.0. The van der Waals surface area contributed by atoms with Crippen LogP contribution in [0.3, 0.4) is 0 Å². The zero-order valence-electron chi connectivity index (χ0n) is 20.6. The highest BCUT2D eigenvalue weighted by Crippen LogP contribution is 1.95. The number of hydrogen-bond donors (Lipinski definition) is 10. The van der Waals surface area contributed by atoms with Gasteiger partial charge in [-0.2, -0.15) is 0 Å². The van der Waals surface area contributed by atoms with Crippen LogP contribution in [0.5, 0.6) is 0 Å². The summed E-state index contributed by atoms with van der Waals surface area (Å²) in [6.45, 7) is 4.37. The number of ketones is 4. The van der Waals surface area contributed by atoms with Gasteiger partial charge >= 0.3 is 23.9 Å². The van der Waals surface area contributed by atoms with Crippen molar-refractivity contribution in [3.05, 3.63) is 0 Å². The summed E-state index contributed by atoms with van der Waals surface area (Å²) in [6.07, 6.45) is -11.4. The molecule has 0 amide bonds. The number of rotatable bonds is 12. The van der Waals surface area contributed by atoms with Gasteiger partial charge in [0.05, 0.1) is 6.42 Å². The normalized spacial score (nSPS) is 14.4. The first kappa shape index (κ1) is 41.4. The van der Waals surface area contributed by atoms with E-state index in [1.54, 1.807) is 0 Å². The lowest BCUT2D eigenvalue weighted by Crippen LogP contribution is -2.38. The van der Waals surface area contributed by atoms with Gasteiger partial charge in [-0.25, -0.2) is 14.4 Å². The third kappa shape index (κ3) is 22.8. The minimum atomic E-state index is -2.02. The molecule has 18 nitrogen and oxygen atoms in total. The average molecular weight is 560 g/mol. The molecule has 0 bridgehead atoms. The summed E-state index contributed by atoms with van der Waals surface area (Å²) in [6, 6.07) is 0. The first-order valence-corrected chi connectivity index (χ1v) is 10.0. The number of aliphatic hydroxyl groups excluding tert-OH is 6. The zero-order chi connectivity index (χ0) is 31.5. The quantitative estimate of drug-likeness (QED) is 0.108. The van der Waals surface area contributed by atoms with Gasteiger partial charge in [0, 0.05) is 6.42 Å². The van der Waals surface area contributed by atoms with Crippen molar-refractivity contribution >= 4 is 47.0 Å². The van der Waals surface area contributed by atoms with E-state index in [1.165, 1.54) is 6.92 Å². The van der Waals surface area contributed by atoms with Gasteiger partial charge in [0.2, 0.25) is 0 Å². The molecule has 0 fully saturated rings. The molecule has 0 aliphatic carbocycles. The van der Waals surface area contributed by atoms with E-state index in [0.717, 1.165) is 20.8 Å². The molecule has 0 saturated heterocycles. The molecule has 10 N–H and O–H groups in total. The molecular formula is C20H32O18. The van der Waals surface area contributed by atoms with Gasteiger partial charge in [-0.05, 0) is 27.7 Å². The molecule has 0 heterocycles. The Kier molecular flexibility index (Phi) is 23.4. The van der Waals surface area contributed by atoms with Crippen molar-refractivity contribution in [2.24, 2.45) is 0 Å². The summed E-state index contributed by atoms with van der Waals surface area (Å²) in [5, 5.41) is 83.4. The van der Waals surface area contributed by atoms with E-state index in [1.807, 2.05) is 0 Å². The molecule has 0 aromatic rings. The predicted molar refractivity (Wildman–Crippen MR) is 119 cm³/mol. The SMILES string of the molecule is CC(=O)CCC(=O)O.CC(=O)[C@@H](O)[C@@H](O)C(=O)O.CC(=O)[C@@H](O)[C@H](O)C(=O)O.CC(=O)[C@H](O)[C@@H](O)C(=O)O. The Morgan fingerprint density at radius 2 is 0.632 bits per heavy atom. The van der Waals surface area contributed by atoms with Crippen LogP contribution in [0.1, 0.15) is 40.5 Å². The van der Waals surface area contributed by atoms with Crippen LogP contribution in [-0.4, -0.2) is 135 Å². The molecule has 0 unspecified atom stereocenters. The summed E-state index contributed by atoms with van der Waals surface area (Å²) < 4.78 is 0. The second-order valence-electron chi connectivity index (χ2n) is 7.11. The number of hydrogen-bond acceptors (Lipinski definition) is 14. The van der Waals surface area contributed by atoms with Crippen LogP contribution in [-0.2, 0) is 38.4 Å². The maximum atomic E-state index is 10.2. The Balaban J connectivity index is -0.000000204. The fraction of sp³-hybridized carbons (Fsp3) is 0.600. The molecule has 0 spiro atoms. The summed E-state index contributed by atoms with van der Waals surface area (Å²) in [7, 11) is 0. The predicted octanol–water partition coefficient (Wildman–Crippen LogP) is -4.41. The highest BCUT2D eigenvalue weighted by atomic mass is 16.4. The molecule has 0 radical (unpaired) electrons. The lowest BCUT2D eigenvalue weighted by molar-refractivity contribution is -0.157. The van der Waals surface area contributed by atoms with Gasteiger partial charge in [0.25, 0.3) is 0 Å². The van der Waals surface area contributed by atoms with Crippen molar-refractivity contribution < 1.29 is 89.4 Å². The summed E-state index contributed by atoms with van der Waals surface area (Å²) in [4.78, 5) is 80.1. The number of carboxylic acid groups (broad SMARTS) is 4. The fourth-order valence-electron chi connectivity index (χ4n) is 1.36. The minimum Gasteiger partial charge on any atom is -0.481 e. The van der Waals surface area contributed by atoms with Crippen LogP contribution in [0, 0.1) is 0 Å². The number of carboxylic acids is 4. The average Bonchev–Trinajstić information content (AvgIpc) is 2.80. The van der Waals surface area contributed by atoms with Crippen molar-refractivity contribution in [3.8, 4) is 0 Å². The lowest BCUT2D eigenvalue weighted by atomic mass is 10.1. The number of carbonyl (C=O) groups excluding carboxylic acids is 4. The van der Waals surface area contributed by atoms with Crippen LogP contribution in [0.25, 0.3) is 0 Å². The third-order valence-corrected chi connectivity index (χ3v) is 3.60. The van der Waals surface area contributed by atoms with E-state index < -0.39 is 77.9 Å². The van der Waals surface area contributed by atoms with Crippen molar-refractivity contribution in [2.75, 3.05) is 0 Å². The highest BCUT2D eigenvalue weighted by molar-refractivity contribution is 5.88. The van der Waals surface area contributed by atoms with Crippen molar-refractivity contribution in [1.82, 2.24) is 0 Å². The van der Waals surface area contributed by atoms with Crippen LogP contribution in [0.2, 0.25) is 0 Å². The Hall–Kier alpha value is -3.68. The third-order valence-electron chi connectivity index (χ3n) is 3.60. The highest BCUT2D eigenvalue weighted by Gasteiger charge is 2.28. The van der Waals surface area contributed by atoms with Gasteiger partial charge in [-0.15, -0.1) is 0 Å². The standard InChI is InChI=1S/3C5H8O5.C5H8O3/c3*1-2(6)3(7)4(8)5(9)10;1-4(6)2-3-5(7)8/h3*3-4,7-8H,1H3,(H,9,10);2-3H2,1H3,(H,7,8)/t2*3-,4+;3-,4-;/m101./s1. The molecule has 0 aromatic heterocycles. The van der Waals surface area contributed by atoms with Crippen LogP contribution in [0.15, 0.2) is 0 Å². The minimum absolute atomic E-state index is 0.0463. The van der Waals surface area contributed by atoms with E-state index in [9.17, 15) is 38.4 Å². The van der Waals surface area contributed by atoms with Gasteiger partial charge < -0.3 is 55.9 Å². The zero-order valence-corrected chi connectivity index (χ0v) is 20.6. The Labute approximate surface area is 214 Å². The molecule has 0 aliphatic rings. The largest absolute Gasteiger partial charge is 0.481 e. The van der Waals surface area contributed by atoms with E-state index in [4.69, 9.17) is 51.1 Å². The van der Waals surface area contributed by atoms with E-state index >= 15 is 0 Å². The van der Waals surface area contributed by atoms with Crippen molar-refractivity contribution in [1.29, 1.82) is 0 Å². The molecule has 6 atom stereocenters. The molecule has 220 valence electrons. The van der Waals surface area contributed by atoms with Crippen LogP contribution in [0.4, 0.5) is 0 Å².